The fourth-order valence-corrected chi connectivity index (χ4v) is 2.43. The Morgan fingerprint density at radius 1 is 1.04 bits per heavy atom. The maximum Gasteiger partial charge on any atom is 0.277 e. The molecule has 1 amide bonds. The number of amides is 1. The third-order valence-corrected chi connectivity index (χ3v) is 3.91. The lowest BCUT2D eigenvalue weighted by atomic mass is 10.2. The van der Waals surface area contributed by atoms with Crippen molar-refractivity contribution in [1.82, 2.24) is 5.43 Å². The molecule has 0 aliphatic rings. The highest BCUT2D eigenvalue weighted by molar-refractivity contribution is 5.83. The summed E-state index contributed by atoms with van der Waals surface area (Å²) in [4.78, 5) is 11.8. The van der Waals surface area contributed by atoms with Crippen molar-refractivity contribution < 1.29 is 14.3 Å². The van der Waals surface area contributed by atoms with Crippen LogP contribution in [0.4, 0.5) is 0 Å². The third kappa shape index (κ3) is 8.40. The summed E-state index contributed by atoms with van der Waals surface area (Å²) in [7, 11) is 0. The number of carbonyl (C=O) groups is 1. The number of benzene rings is 2. The second-order valence-corrected chi connectivity index (χ2v) is 6.38. The molecular weight excluding hydrogens is 340 g/mol. The van der Waals surface area contributed by atoms with Gasteiger partial charge in [0, 0.05) is 0 Å². The van der Waals surface area contributed by atoms with Gasteiger partial charge in [0.05, 0.1) is 12.8 Å². The van der Waals surface area contributed by atoms with Crippen LogP contribution in [0.3, 0.4) is 0 Å². The number of aryl methyl sites for hydroxylation is 1. The van der Waals surface area contributed by atoms with Gasteiger partial charge in [-0.1, -0.05) is 38.3 Å². The molecule has 0 aliphatic carbocycles. The topological polar surface area (TPSA) is 59.9 Å². The highest BCUT2D eigenvalue weighted by atomic mass is 16.5. The van der Waals surface area contributed by atoms with Crippen LogP contribution in [0.15, 0.2) is 53.6 Å². The van der Waals surface area contributed by atoms with E-state index in [0.717, 1.165) is 29.9 Å². The molecule has 0 atom stereocenters. The van der Waals surface area contributed by atoms with Crippen molar-refractivity contribution >= 4 is 12.1 Å². The lowest BCUT2D eigenvalue weighted by Crippen LogP contribution is -2.24. The van der Waals surface area contributed by atoms with E-state index in [1.165, 1.54) is 19.3 Å². The van der Waals surface area contributed by atoms with Gasteiger partial charge in [0.1, 0.15) is 11.5 Å². The van der Waals surface area contributed by atoms with Gasteiger partial charge < -0.3 is 9.47 Å². The van der Waals surface area contributed by atoms with E-state index in [2.05, 4.69) is 17.5 Å². The number of nitrogens with one attached hydrogen (secondary N) is 1. The van der Waals surface area contributed by atoms with Gasteiger partial charge in [-0.3, -0.25) is 4.79 Å². The van der Waals surface area contributed by atoms with Gasteiger partial charge in [0.15, 0.2) is 6.61 Å². The summed E-state index contributed by atoms with van der Waals surface area (Å²) in [6, 6.07) is 15.2. The van der Waals surface area contributed by atoms with E-state index in [-0.39, 0.29) is 12.5 Å². The van der Waals surface area contributed by atoms with E-state index in [0.29, 0.717) is 5.75 Å². The van der Waals surface area contributed by atoms with Crippen molar-refractivity contribution in [2.24, 2.45) is 5.10 Å². The Bertz CT molecular complexity index is 727. The van der Waals surface area contributed by atoms with Gasteiger partial charge in [-0.2, -0.15) is 5.10 Å². The summed E-state index contributed by atoms with van der Waals surface area (Å²) < 4.78 is 11.1. The van der Waals surface area contributed by atoms with Crippen LogP contribution in [0.5, 0.6) is 11.5 Å². The van der Waals surface area contributed by atoms with Crippen LogP contribution in [-0.4, -0.2) is 25.3 Å². The summed E-state index contributed by atoms with van der Waals surface area (Å²) in [5, 5.41) is 3.95. The zero-order valence-electron chi connectivity index (χ0n) is 16.1. The number of hydrogen-bond donors (Lipinski definition) is 1. The molecule has 0 heterocycles. The van der Waals surface area contributed by atoms with Gasteiger partial charge in [-0.05, 0) is 60.9 Å². The maximum absolute atomic E-state index is 11.8. The molecule has 0 saturated heterocycles. The second kappa shape index (κ2) is 11.7. The Morgan fingerprint density at radius 2 is 1.85 bits per heavy atom. The molecule has 0 unspecified atom stereocenters. The predicted octanol–water partition coefficient (Wildman–Crippen LogP) is 4.48. The van der Waals surface area contributed by atoms with Crippen LogP contribution < -0.4 is 14.9 Å². The van der Waals surface area contributed by atoms with Crippen molar-refractivity contribution in [2.75, 3.05) is 13.2 Å². The quantitative estimate of drug-likeness (QED) is 0.361. The van der Waals surface area contributed by atoms with Gasteiger partial charge in [0.2, 0.25) is 0 Å². The molecule has 0 fully saturated rings. The molecule has 0 bridgehead atoms. The summed E-state index contributed by atoms with van der Waals surface area (Å²) in [5.74, 6) is 1.21. The minimum Gasteiger partial charge on any atom is -0.494 e. The molecule has 144 valence electrons. The Kier molecular flexibility index (Phi) is 8.90. The predicted molar refractivity (Wildman–Crippen MR) is 108 cm³/mol. The van der Waals surface area contributed by atoms with Crippen LogP contribution in [0, 0.1) is 6.92 Å². The summed E-state index contributed by atoms with van der Waals surface area (Å²) in [5.41, 5.74) is 4.42. The van der Waals surface area contributed by atoms with Crippen LogP contribution in [0.25, 0.3) is 0 Å². The Morgan fingerprint density at radius 3 is 2.59 bits per heavy atom. The van der Waals surface area contributed by atoms with Gasteiger partial charge >= 0.3 is 0 Å². The van der Waals surface area contributed by atoms with E-state index < -0.39 is 0 Å². The molecule has 27 heavy (non-hydrogen) atoms. The Labute approximate surface area is 161 Å². The number of hydrogen-bond acceptors (Lipinski definition) is 4. The average Bonchev–Trinajstić information content (AvgIpc) is 2.67. The molecule has 0 saturated carbocycles. The summed E-state index contributed by atoms with van der Waals surface area (Å²) in [6.07, 6.45) is 6.35. The smallest absolute Gasteiger partial charge is 0.277 e. The van der Waals surface area contributed by atoms with Crippen molar-refractivity contribution in [3.63, 3.8) is 0 Å². The number of nitrogens with zero attached hydrogens (tertiary/aromatic N) is 1. The molecule has 1 N–H and O–H groups in total. The molecule has 0 spiro atoms. The first kappa shape index (κ1) is 20.5. The van der Waals surface area contributed by atoms with E-state index in [1.807, 2.05) is 55.5 Å². The molecule has 0 radical (unpaired) electrons. The SMILES string of the molecule is CCCCCCOc1ccc(/C=N/NC(=O)COc2cccc(C)c2)cc1. The highest BCUT2D eigenvalue weighted by Crippen LogP contribution is 2.13. The van der Waals surface area contributed by atoms with E-state index >= 15 is 0 Å². The van der Waals surface area contributed by atoms with Crippen LogP contribution in [-0.2, 0) is 4.79 Å². The Balaban J connectivity index is 1.68. The first-order chi connectivity index (χ1) is 13.2. The molecule has 5 heteroatoms. The lowest BCUT2D eigenvalue weighted by molar-refractivity contribution is -0.123. The molecule has 0 aliphatic heterocycles. The number of unbranched alkanes of at least 4 members (excludes halogenated alkanes) is 3. The van der Waals surface area contributed by atoms with Crippen LogP contribution >= 0.6 is 0 Å². The minimum absolute atomic E-state index is 0.0778. The Hall–Kier alpha value is -2.82. The fraction of sp³-hybridized carbons (Fsp3) is 0.364. The normalized spacial score (nSPS) is 10.7. The number of rotatable bonds is 11. The number of carbonyl (C=O) groups excluding carboxylic acids is 1. The van der Waals surface area contributed by atoms with Gasteiger partial charge in [-0.25, -0.2) is 5.43 Å². The van der Waals surface area contributed by atoms with Crippen LogP contribution in [0.1, 0.15) is 43.7 Å². The maximum atomic E-state index is 11.8. The van der Waals surface area contributed by atoms with Crippen molar-refractivity contribution in [2.45, 2.75) is 39.5 Å². The number of ether oxygens (including phenoxy) is 2. The van der Waals surface area contributed by atoms with Crippen molar-refractivity contribution in [3.8, 4) is 11.5 Å². The van der Waals surface area contributed by atoms with Crippen LogP contribution in [0.2, 0.25) is 0 Å². The number of hydrazone groups is 1. The highest BCUT2D eigenvalue weighted by Gasteiger charge is 2.01. The van der Waals surface area contributed by atoms with E-state index in [9.17, 15) is 4.79 Å². The van der Waals surface area contributed by atoms with Crippen molar-refractivity contribution in [1.29, 1.82) is 0 Å². The molecule has 2 aromatic rings. The molecule has 5 nitrogen and oxygen atoms in total. The van der Waals surface area contributed by atoms with E-state index in [1.54, 1.807) is 6.21 Å². The molecular formula is C22H28N2O3. The first-order valence-electron chi connectivity index (χ1n) is 9.41. The van der Waals surface area contributed by atoms with Gasteiger partial charge in [-0.15, -0.1) is 0 Å². The van der Waals surface area contributed by atoms with Gasteiger partial charge in [0.25, 0.3) is 5.91 Å². The molecule has 2 aromatic carbocycles. The summed E-state index contributed by atoms with van der Waals surface area (Å²) in [6.45, 7) is 4.83. The van der Waals surface area contributed by atoms with Crippen molar-refractivity contribution in [3.05, 3.63) is 59.7 Å². The molecule has 2 rings (SSSR count). The third-order valence-electron chi connectivity index (χ3n) is 3.91. The summed E-state index contributed by atoms with van der Waals surface area (Å²) >= 11 is 0. The average molecular weight is 368 g/mol. The minimum atomic E-state index is -0.306. The molecule has 0 aromatic heterocycles. The monoisotopic (exact) mass is 368 g/mol. The second-order valence-electron chi connectivity index (χ2n) is 6.38. The lowest BCUT2D eigenvalue weighted by Gasteiger charge is -2.06. The van der Waals surface area contributed by atoms with E-state index in [4.69, 9.17) is 9.47 Å². The largest absolute Gasteiger partial charge is 0.494 e. The zero-order chi connectivity index (χ0) is 19.3. The zero-order valence-corrected chi connectivity index (χ0v) is 16.1. The fourth-order valence-electron chi connectivity index (χ4n) is 2.43. The standard InChI is InChI=1S/C22H28N2O3/c1-3-4-5-6-14-26-20-12-10-19(11-13-20)16-23-24-22(25)17-27-21-9-7-8-18(2)15-21/h7-13,15-16H,3-6,14,17H2,1-2H3,(H,24,25)/b23-16+. The first-order valence-corrected chi connectivity index (χ1v) is 9.41.